The summed E-state index contributed by atoms with van der Waals surface area (Å²) >= 11 is 0. The normalized spacial score (nSPS) is 13.8. The lowest BCUT2D eigenvalue weighted by molar-refractivity contribution is -0.124. The summed E-state index contributed by atoms with van der Waals surface area (Å²) in [7, 11) is 0. The molecule has 0 bridgehead atoms. The number of aliphatic hydroxyl groups is 3. The third-order valence-electron chi connectivity index (χ3n) is 10.9. The van der Waals surface area contributed by atoms with Crippen LogP contribution in [0.15, 0.2) is 36.5 Å². The van der Waals surface area contributed by atoms with Crippen LogP contribution in [0, 0.1) is 0 Å². The zero-order valence-electron chi connectivity index (χ0n) is 36.1. The fraction of sp³-hybridized carbons (Fsp3) is 0.857. The fourth-order valence-electron chi connectivity index (χ4n) is 7.23. The van der Waals surface area contributed by atoms with Crippen molar-refractivity contribution in [2.24, 2.45) is 0 Å². The van der Waals surface area contributed by atoms with Crippen LogP contribution in [0.25, 0.3) is 0 Å². The monoisotopic (exact) mass is 760 g/mol. The molecule has 0 aliphatic carbocycles. The molecule has 318 valence electrons. The van der Waals surface area contributed by atoms with E-state index in [0.29, 0.717) is 6.42 Å². The van der Waals surface area contributed by atoms with Crippen LogP contribution in [-0.4, -0.2) is 46.1 Å². The van der Waals surface area contributed by atoms with Crippen LogP contribution < -0.4 is 5.32 Å². The molecule has 0 heterocycles. The van der Waals surface area contributed by atoms with E-state index < -0.39 is 18.2 Å². The van der Waals surface area contributed by atoms with Gasteiger partial charge in [0.1, 0.15) is 0 Å². The number of aliphatic hydroxyl groups excluding tert-OH is 3. The Balaban J connectivity index is 3.60. The van der Waals surface area contributed by atoms with Gasteiger partial charge in [0.25, 0.3) is 0 Å². The van der Waals surface area contributed by atoms with Crippen molar-refractivity contribution in [2.75, 3.05) is 6.61 Å². The van der Waals surface area contributed by atoms with Crippen molar-refractivity contribution >= 4 is 5.91 Å². The molecule has 0 spiro atoms. The lowest BCUT2D eigenvalue weighted by Gasteiger charge is -2.21. The molecule has 4 N–H and O–H groups in total. The van der Waals surface area contributed by atoms with Gasteiger partial charge in [-0.1, -0.05) is 217 Å². The third kappa shape index (κ3) is 40.2. The molecule has 0 aromatic carbocycles. The maximum absolute atomic E-state index is 12.4. The third-order valence-corrected chi connectivity index (χ3v) is 10.9. The standard InChI is InChI=1S/C49H93NO4/c1-3-5-7-9-11-13-15-17-18-19-20-21-22-23-24-25-26-27-28-29-31-32-34-36-38-40-42-46(52)44-49(54)50-47(45-51)48(53)43-41-39-37-35-33-30-16-14-12-10-8-6-4-2/h23-24,33,35,41,43,46-48,51-53H,3-22,25-32,34,36-40,42,44-45H2,1-2H3,(H,50,54)/b24-23-,35-33+,43-41+. The second-order valence-corrected chi connectivity index (χ2v) is 16.4. The Morgan fingerprint density at radius 3 is 1.19 bits per heavy atom. The number of allylic oxidation sites excluding steroid dienone is 5. The van der Waals surface area contributed by atoms with Gasteiger partial charge >= 0.3 is 0 Å². The SMILES string of the molecule is CCCCCCCCC/C=C/CC/C=C/C(O)C(CO)NC(=O)CC(O)CCCCCCCCCCCC/C=C\CCCCCCCCCCCCCC. The highest BCUT2D eigenvalue weighted by atomic mass is 16.3. The first-order valence-electron chi connectivity index (χ1n) is 23.8. The average molecular weight is 760 g/mol. The average Bonchev–Trinajstić information content (AvgIpc) is 3.16. The van der Waals surface area contributed by atoms with Crippen molar-refractivity contribution < 1.29 is 20.1 Å². The Hall–Kier alpha value is -1.43. The van der Waals surface area contributed by atoms with Gasteiger partial charge in [0.05, 0.1) is 31.3 Å². The van der Waals surface area contributed by atoms with Gasteiger partial charge in [-0.2, -0.15) is 0 Å². The molecule has 5 nitrogen and oxygen atoms in total. The fourth-order valence-corrected chi connectivity index (χ4v) is 7.23. The van der Waals surface area contributed by atoms with Gasteiger partial charge in [-0.3, -0.25) is 4.79 Å². The lowest BCUT2D eigenvalue weighted by atomic mass is 10.0. The van der Waals surface area contributed by atoms with Crippen molar-refractivity contribution in [3.8, 4) is 0 Å². The highest BCUT2D eigenvalue weighted by Crippen LogP contribution is 2.15. The van der Waals surface area contributed by atoms with E-state index in [0.717, 1.165) is 32.1 Å². The minimum absolute atomic E-state index is 0.00566. The van der Waals surface area contributed by atoms with Gasteiger partial charge in [-0.25, -0.2) is 0 Å². The Kier molecular flexibility index (Phi) is 43.1. The number of hydrogen-bond acceptors (Lipinski definition) is 4. The van der Waals surface area contributed by atoms with Crippen molar-refractivity contribution in [1.82, 2.24) is 5.32 Å². The summed E-state index contributed by atoms with van der Waals surface area (Å²) in [5.74, 6) is -0.326. The number of hydrogen-bond donors (Lipinski definition) is 4. The Morgan fingerprint density at radius 2 is 0.796 bits per heavy atom. The summed E-state index contributed by atoms with van der Waals surface area (Å²) in [5.41, 5.74) is 0. The molecular weight excluding hydrogens is 667 g/mol. The molecule has 0 saturated heterocycles. The molecule has 0 aliphatic heterocycles. The minimum atomic E-state index is -0.950. The largest absolute Gasteiger partial charge is 0.394 e. The Morgan fingerprint density at radius 1 is 0.463 bits per heavy atom. The summed E-state index contributed by atoms with van der Waals surface area (Å²) < 4.78 is 0. The van der Waals surface area contributed by atoms with E-state index in [1.807, 2.05) is 6.08 Å². The second-order valence-electron chi connectivity index (χ2n) is 16.4. The van der Waals surface area contributed by atoms with Gasteiger partial charge in [-0.15, -0.1) is 0 Å². The van der Waals surface area contributed by atoms with E-state index in [4.69, 9.17) is 0 Å². The molecule has 0 fully saturated rings. The quantitative estimate of drug-likeness (QED) is 0.0368. The van der Waals surface area contributed by atoms with E-state index in [1.165, 1.54) is 186 Å². The van der Waals surface area contributed by atoms with E-state index in [2.05, 4.69) is 43.5 Å². The number of carbonyl (C=O) groups excluding carboxylic acids is 1. The Bertz CT molecular complexity index is 840. The molecule has 3 unspecified atom stereocenters. The second kappa shape index (κ2) is 44.3. The lowest BCUT2D eigenvalue weighted by Crippen LogP contribution is -2.45. The zero-order chi connectivity index (χ0) is 39.4. The number of carbonyl (C=O) groups is 1. The number of unbranched alkanes of at least 4 members (excludes halogenated alkanes) is 30. The van der Waals surface area contributed by atoms with Crippen molar-refractivity contribution in [3.05, 3.63) is 36.5 Å². The topological polar surface area (TPSA) is 89.8 Å². The molecule has 0 aliphatic rings. The molecular formula is C49H93NO4. The summed E-state index contributed by atoms with van der Waals surface area (Å²) in [6.45, 7) is 4.20. The van der Waals surface area contributed by atoms with Gasteiger partial charge in [0.15, 0.2) is 0 Å². The number of rotatable bonds is 43. The van der Waals surface area contributed by atoms with Crippen molar-refractivity contribution in [2.45, 2.75) is 263 Å². The maximum Gasteiger partial charge on any atom is 0.222 e. The molecule has 0 aromatic rings. The number of nitrogens with one attached hydrogen (secondary N) is 1. The van der Waals surface area contributed by atoms with Crippen LogP contribution in [0.5, 0.6) is 0 Å². The van der Waals surface area contributed by atoms with Crippen LogP contribution in [0.4, 0.5) is 0 Å². The van der Waals surface area contributed by atoms with Gasteiger partial charge in [0, 0.05) is 0 Å². The smallest absolute Gasteiger partial charge is 0.222 e. The molecule has 0 radical (unpaired) electrons. The molecule has 0 rings (SSSR count). The highest BCUT2D eigenvalue weighted by Gasteiger charge is 2.20. The molecule has 54 heavy (non-hydrogen) atoms. The molecule has 1 amide bonds. The van der Waals surface area contributed by atoms with E-state index in [9.17, 15) is 20.1 Å². The first-order valence-corrected chi connectivity index (χ1v) is 23.8. The van der Waals surface area contributed by atoms with E-state index >= 15 is 0 Å². The van der Waals surface area contributed by atoms with Crippen molar-refractivity contribution in [3.63, 3.8) is 0 Å². The van der Waals surface area contributed by atoms with Crippen LogP contribution in [0.2, 0.25) is 0 Å². The first kappa shape index (κ1) is 52.6. The van der Waals surface area contributed by atoms with Crippen LogP contribution in [-0.2, 0) is 4.79 Å². The first-order chi connectivity index (χ1) is 26.5. The van der Waals surface area contributed by atoms with Crippen LogP contribution in [0.3, 0.4) is 0 Å². The summed E-state index contributed by atoms with van der Waals surface area (Å²) in [5, 5.41) is 33.2. The van der Waals surface area contributed by atoms with E-state index in [1.54, 1.807) is 6.08 Å². The molecule has 3 atom stereocenters. The van der Waals surface area contributed by atoms with E-state index in [-0.39, 0.29) is 18.9 Å². The van der Waals surface area contributed by atoms with Gasteiger partial charge < -0.3 is 20.6 Å². The van der Waals surface area contributed by atoms with Gasteiger partial charge in [-0.05, 0) is 57.8 Å². The summed E-state index contributed by atoms with van der Waals surface area (Å²) in [4.78, 5) is 12.4. The zero-order valence-corrected chi connectivity index (χ0v) is 36.1. The van der Waals surface area contributed by atoms with Crippen LogP contribution >= 0.6 is 0 Å². The van der Waals surface area contributed by atoms with Crippen LogP contribution in [0.1, 0.15) is 245 Å². The summed E-state index contributed by atoms with van der Waals surface area (Å²) in [6, 6.07) is -0.760. The predicted octanol–water partition coefficient (Wildman–Crippen LogP) is 13.9. The number of amides is 1. The minimum Gasteiger partial charge on any atom is -0.394 e. The molecule has 0 aromatic heterocycles. The highest BCUT2D eigenvalue weighted by molar-refractivity contribution is 5.76. The summed E-state index contributed by atoms with van der Waals surface area (Å²) in [6.07, 6.45) is 55.9. The predicted molar refractivity (Wildman–Crippen MR) is 236 cm³/mol. The molecule has 5 heteroatoms. The Labute approximate surface area is 336 Å². The molecule has 0 saturated carbocycles. The van der Waals surface area contributed by atoms with Crippen molar-refractivity contribution in [1.29, 1.82) is 0 Å². The van der Waals surface area contributed by atoms with Gasteiger partial charge in [0.2, 0.25) is 5.91 Å². The maximum atomic E-state index is 12.4.